The van der Waals surface area contributed by atoms with E-state index in [2.05, 4.69) is 22.1 Å². The molecule has 1 heterocycles. The lowest BCUT2D eigenvalue weighted by molar-refractivity contribution is 0.0534. The fourth-order valence-corrected chi connectivity index (χ4v) is 1.95. The van der Waals surface area contributed by atoms with Gasteiger partial charge in [0.25, 0.3) is 0 Å². The van der Waals surface area contributed by atoms with E-state index in [0.717, 1.165) is 5.52 Å². The lowest BCUT2D eigenvalue weighted by atomic mass is 10.1. The molecule has 0 aliphatic carbocycles. The van der Waals surface area contributed by atoms with Gasteiger partial charge in [-0.25, -0.2) is 9.59 Å². The smallest absolute Gasteiger partial charge is 0.408 e. The van der Waals surface area contributed by atoms with Crippen LogP contribution >= 0.6 is 0 Å². The first-order chi connectivity index (χ1) is 10.8. The van der Waals surface area contributed by atoms with Crippen LogP contribution in [0.5, 0.6) is 0 Å². The first-order valence-electron chi connectivity index (χ1n) is 7.06. The molecular weight excluding hydrogens is 296 g/mol. The van der Waals surface area contributed by atoms with Crippen LogP contribution in [0.4, 0.5) is 4.79 Å². The average Bonchev–Trinajstić information content (AvgIpc) is 2.85. The average molecular weight is 314 g/mol. The van der Waals surface area contributed by atoms with Crippen LogP contribution in [-0.4, -0.2) is 34.3 Å². The Morgan fingerprint density at radius 2 is 2.09 bits per heavy atom. The zero-order valence-electron chi connectivity index (χ0n) is 13.2. The van der Waals surface area contributed by atoms with Gasteiger partial charge in [0, 0.05) is 22.7 Å². The van der Waals surface area contributed by atoms with Gasteiger partial charge in [0.15, 0.2) is 0 Å². The van der Waals surface area contributed by atoms with Crippen molar-refractivity contribution in [3.63, 3.8) is 0 Å². The maximum absolute atomic E-state index is 11.5. The third kappa shape index (κ3) is 4.51. The number of fused-ring (bicyclic) bond motifs is 1. The Balaban J connectivity index is 2.04. The number of ether oxygens (including phenoxy) is 1. The van der Waals surface area contributed by atoms with Crippen LogP contribution in [-0.2, 0) is 4.74 Å². The molecule has 1 aromatic heterocycles. The van der Waals surface area contributed by atoms with E-state index in [4.69, 9.17) is 9.84 Å². The van der Waals surface area contributed by atoms with Gasteiger partial charge in [-0.3, -0.25) is 0 Å². The maximum Gasteiger partial charge on any atom is 0.408 e. The van der Waals surface area contributed by atoms with Crippen LogP contribution in [0.15, 0.2) is 24.4 Å². The van der Waals surface area contributed by atoms with E-state index in [1.54, 1.807) is 39.0 Å². The van der Waals surface area contributed by atoms with Crippen molar-refractivity contribution in [3.8, 4) is 11.8 Å². The molecule has 0 aliphatic rings. The minimum atomic E-state index is -0.993. The monoisotopic (exact) mass is 314 g/mol. The number of aromatic nitrogens is 1. The minimum Gasteiger partial charge on any atom is -0.478 e. The Morgan fingerprint density at radius 3 is 2.74 bits per heavy atom. The summed E-state index contributed by atoms with van der Waals surface area (Å²) in [6, 6.07) is 5.26. The molecule has 0 saturated carbocycles. The largest absolute Gasteiger partial charge is 0.478 e. The van der Waals surface area contributed by atoms with E-state index < -0.39 is 17.7 Å². The van der Waals surface area contributed by atoms with Gasteiger partial charge >= 0.3 is 12.1 Å². The zero-order chi connectivity index (χ0) is 17.0. The van der Waals surface area contributed by atoms with Gasteiger partial charge in [0.1, 0.15) is 5.60 Å². The molecule has 1 aromatic carbocycles. The summed E-state index contributed by atoms with van der Waals surface area (Å²) in [4.78, 5) is 25.5. The number of carboxylic acid groups (broad SMARTS) is 1. The highest BCUT2D eigenvalue weighted by molar-refractivity contribution is 6.03. The Labute approximate surface area is 133 Å². The standard InChI is InChI=1S/C17H18N2O4/c1-17(2,3)23-16(22)18-8-4-5-11-6-7-14-12(9-11)13(10-19-14)15(20)21/h6-7,9-10,19H,8H2,1-3H3,(H,18,22)(H,20,21). The number of hydrogen-bond donors (Lipinski definition) is 3. The second-order valence-corrected chi connectivity index (χ2v) is 5.93. The summed E-state index contributed by atoms with van der Waals surface area (Å²) in [6.07, 6.45) is 0.926. The van der Waals surface area contributed by atoms with Gasteiger partial charge < -0.3 is 20.1 Å². The van der Waals surface area contributed by atoms with Crippen molar-refractivity contribution in [1.29, 1.82) is 0 Å². The van der Waals surface area contributed by atoms with Crippen molar-refractivity contribution in [1.82, 2.24) is 10.3 Å². The molecule has 0 radical (unpaired) electrons. The van der Waals surface area contributed by atoms with E-state index in [9.17, 15) is 9.59 Å². The highest BCUT2D eigenvalue weighted by Gasteiger charge is 2.15. The third-order valence-electron chi connectivity index (χ3n) is 2.86. The lowest BCUT2D eigenvalue weighted by Gasteiger charge is -2.18. The Kier molecular flexibility index (Phi) is 4.60. The Hall–Kier alpha value is -2.94. The van der Waals surface area contributed by atoms with Gasteiger partial charge in [0.2, 0.25) is 0 Å². The molecule has 6 nitrogen and oxygen atoms in total. The van der Waals surface area contributed by atoms with E-state index in [-0.39, 0.29) is 12.1 Å². The molecule has 2 rings (SSSR count). The van der Waals surface area contributed by atoms with Gasteiger partial charge in [0.05, 0.1) is 12.1 Å². The van der Waals surface area contributed by atoms with Gasteiger partial charge in [-0.1, -0.05) is 11.8 Å². The predicted octanol–water partition coefficient (Wildman–Crippen LogP) is 2.74. The van der Waals surface area contributed by atoms with Gasteiger partial charge in [-0.15, -0.1) is 0 Å². The number of H-pyrrole nitrogens is 1. The van der Waals surface area contributed by atoms with E-state index in [0.29, 0.717) is 10.9 Å². The van der Waals surface area contributed by atoms with Gasteiger partial charge in [-0.2, -0.15) is 0 Å². The summed E-state index contributed by atoms with van der Waals surface area (Å²) in [5.74, 6) is 4.70. The summed E-state index contributed by atoms with van der Waals surface area (Å²) in [7, 11) is 0. The normalized spacial score (nSPS) is 10.7. The molecule has 2 aromatic rings. The molecule has 1 amide bonds. The summed E-state index contributed by atoms with van der Waals surface area (Å²) in [5, 5.41) is 12.3. The number of carbonyl (C=O) groups excluding carboxylic acids is 1. The number of aromatic carboxylic acids is 1. The molecule has 0 bridgehead atoms. The number of benzene rings is 1. The molecule has 6 heteroatoms. The summed E-state index contributed by atoms with van der Waals surface area (Å²) >= 11 is 0. The number of carbonyl (C=O) groups is 2. The van der Waals surface area contributed by atoms with Crippen LogP contribution < -0.4 is 5.32 Å². The van der Waals surface area contributed by atoms with E-state index in [1.165, 1.54) is 6.20 Å². The molecule has 23 heavy (non-hydrogen) atoms. The summed E-state index contributed by atoms with van der Waals surface area (Å²) < 4.78 is 5.09. The van der Waals surface area contributed by atoms with Crippen LogP contribution in [0.1, 0.15) is 36.7 Å². The number of amides is 1. The number of nitrogens with one attached hydrogen (secondary N) is 2. The molecule has 0 aliphatic heterocycles. The summed E-state index contributed by atoms with van der Waals surface area (Å²) in [6.45, 7) is 5.49. The molecule has 0 saturated heterocycles. The van der Waals surface area contributed by atoms with Gasteiger partial charge in [-0.05, 0) is 39.0 Å². The minimum absolute atomic E-state index is 0.145. The topological polar surface area (TPSA) is 91.4 Å². The highest BCUT2D eigenvalue weighted by atomic mass is 16.6. The first-order valence-corrected chi connectivity index (χ1v) is 7.06. The predicted molar refractivity (Wildman–Crippen MR) is 86.4 cm³/mol. The molecule has 0 unspecified atom stereocenters. The van der Waals surface area contributed by atoms with Crippen molar-refractivity contribution in [2.24, 2.45) is 0 Å². The first kappa shape index (κ1) is 16.4. The van der Waals surface area contributed by atoms with Crippen LogP contribution in [0.2, 0.25) is 0 Å². The zero-order valence-corrected chi connectivity index (χ0v) is 13.2. The molecule has 120 valence electrons. The Morgan fingerprint density at radius 1 is 1.35 bits per heavy atom. The highest BCUT2D eigenvalue weighted by Crippen LogP contribution is 2.19. The molecule has 0 atom stereocenters. The van der Waals surface area contributed by atoms with Crippen molar-refractivity contribution < 1.29 is 19.4 Å². The van der Waals surface area contributed by atoms with E-state index >= 15 is 0 Å². The van der Waals surface area contributed by atoms with Crippen molar-refractivity contribution in [2.75, 3.05) is 6.54 Å². The number of rotatable bonds is 2. The second-order valence-electron chi connectivity index (χ2n) is 5.93. The molecule has 0 spiro atoms. The SMILES string of the molecule is CC(C)(C)OC(=O)NCC#Cc1ccc2[nH]cc(C(=O)O)c2c1. The molecular formula is C17H18N2O4. The quantitative estimate of drug-likeness (QED) is 0.743. The van der Waals surface area contributed by atoms with Crippen molar-refractivity contribution >= 4 is 23.0 Å². The maximum atomic E-state index is 11.5. The molecule has 3 N–H and O–H groups in total. The van der Waals surface area contributed by atoms with Crippen LogP contribution in [0, 0.1) is 11.8 Å². The number of aromatic amines is 1. The fraction of sp³-hybridized carbons (Fsp3) is 0.294. The molecule has 0 fully saturated rings. The fourth-order valence-electron chi connectivity index (χ4n) is 1.95. The van der Waals surface area contributed by atoms with Crippen LogP contribution in [0.25, 0.3) is 10.9 Å². The van der Waals surface area contributed by atoms with Crippen LogP contribution in [0.3, 0.4) is 0 Å². The number of alkyl carbamates (subject to hydrolysis) is 1. The second kappa shape index (κ2) is 6.44. The van der Waals surface area contributed by atoms with E-state index in [1.807, 2.05) is 0 Å². The lowest BCUT2D eigenvalue weighted by Crippen LogP contribution is -2.32. The van der Waals surface area contributed by atoms with Crippen molar-refractivity contribution in [3.05, 3.63) is 35.5 Å². The number of hydrogen-bond acceptors (Lipinski definition) is 3. The summed E-state index contributed by atoms with van der Waals surface area (Å²) in [5.41, 5.74) is 1.06. The van der Waals surface area contributed by atoms with Crippen molar-refractivity contribution in [2.45, 2.75) is 26.4 Å². The Bertz CT molecular complexity index is 803. The number of carboxylic acids is 1. The third-order valence-corrected chi connectivity index (χ3v) is 2.86.